The molecule has 2 N–H and O–H groups in total. The largest absolute Gasteiger partial charge is 0.494 e. The summed E-state index contributed by atoms with van der Waals surface area (Å²) in [6.45, 7) is 6.36. The molecule has 6 rings (SSSR count). The average molecular weight is 459 g/mol. The highest BCUT2D eigenvalue weighted by molar-refractivity contribution is 5.90. The SMILES string of the molecule is CCCOc1ccc2c(c1)CCN(CCn1ncc3c1nc(N)n1nc(-c4ccco4)nc31)C2. The van der Waals surface area contributed by atoms with Crippen LogP contribution in [0.2, 0.25) is 0 Å². The zero-order valence-corrected chi connectivity index (χ0v) is 19.0. The minimum Gasteiger partial charge on any atom is -0.494 e. The van der Waals surface area contributed by atoms with Crippen molar-refractivity contribution in [1.82, 2.24) is 34.3 Å². The van der Waals surface area contributed by atoms with Crippen LogP contribution in [0, 0.1) is 0 Å². The maximum Gasteiger partial charge on any atom is 0.225 e. The fourth-order valence-corrected chi connectivity index (χ4v) is 4.45. The van der Waals surface area contributed by atoms with Gasteiger partial charge in [0.15, 0.2) is 17.1 Å². The van der Waals surface area contributed by atoms with E-state index >= 15 is 0 Å². The van der Waals surface area contributed by atoms with Gasteiger partial charge in [-0.1, -0.05) is 13.0 Å². The number of anilines is 1. The maximum atomic E-state index is 6.21. The van der Waals surface area contributed by atoms with Crippen LogP contribution >= 0.6 is 0 Å². The Labute approximate surface area is 196 Å². The van der Waals surface area contributed by atoms with E-state index in [0.29, 0.717) is 29.4 Å². The van der Waals surface area contributed by atoms with Gasteiger partial charge in [-0.3, -0.25) is 4.90 Å². The summed E-state index contributed by atoms with van der Waals surface area (Å²) >= 11 is 0. The molecule has 5 aromatic rings. The summed E-state index contributed by atoms with van der Waals surface area (Å²) < 4.78 is 14.6. The van der Waals surface area contributed by atoms with Gasteiger partial charge in [0.1, 0.15) is 5.75 Å². The Balaban J connectivity index is 1.20. The molecule has 1 aliphatic rings. The molecular weight excluding hydrogens is 432 g/mol. The fourth-order valence-electron chi connectivity index (χ4n) is 4.45. The summed E-state index contributed by atoms with van der Waals surface area (Å²) in [7, 11) is 0. The van der Waals surface area contributed by atoms with Crippen molar-refractivity contribution in [2.75, 3.05) is 25.4 Å². The molecule has 0 atom stereocenters. The van der Waals surface area contributed by atoms with Crippen LogP contribution in [0.4, 0.5) is 5.95 Å². The van der Waals surface area contributed by atoms with E-state index in [4.69, 9.17) is 14.9 Å². The van der Waals surface area contributed by atoms with Gasteiger partial charge < -0.3 is 14.9 Å². The lowest BCUT2D eigenvalue weighted by molar-refractivity contribution is 0.240. The van der Waals surface area contributed by atoms with Gasteiger partial charge in [0.05, 0.1) is 31.0 Å². The Kier molecular flexibility index (Phi) is 5.14. The van der Waals surface area contributed by atoms with Gasteiger partial charge in [0.2, 0.25) is 11.8 Å². The Morgan fingerprint density at radius 1 is 1.12 bits per heavy atom. The van der Waals surface area contributed by atoms with E-state index in [1.165, 1.54) is 15.6 Å². The first-order valence-electron chi connectivity index (χ1n) is 11.6. The Morgan fingerprint density at radius 2 is 2.06 bits per heavy atom. The zero-order valence-electron chi connectivity index (χ0n) is 19.0. The number of nitrogens with two attached hydrogens (primary N) is 1. The van der Waals surface area contributed by atoms with Gasteiger partial charge in [0.25, 0.3) is 0 Å². The molecule has 0 amide bonds. The fraction of sp³-hybridized carbons (Fsp3) is 0.333. The van der Waals surface area contributed by atoms with E-state index in [-0.39, 0.29) is 5.95 Å². The van der Waals surface area contributed by atoms with E-state index < -0.39 is 0 Å². The Bertz CT molecular complexity index is 1450. The first-order valence-corrected chi connectivity index (χ1v) is 11.6. The lowest BCUT2D eigenvalue weighted by atomic mass is 9.99. The summed E-state index contributed by atoms with van der Waals surface area (Å²) in [5, 5.41) is 9.83. The Hall–Kier alpha value is -3.92. The molecule has 0 radical (unpaired) electrons. The number of nitrogens with zero attached hydrogens (tertiary/aromatic N) is 7. The third-order valence-corrected chi connectivity index (χ3v) is 6.21. The zero-order chi connectivity index (χ0) is 23.1. The second-order valence-corrected chi connectivity index (χ2v) is 8.53. The number of aromatic nitrogens is 6. The molecule has 10 heteroatoms. The molecule has 1 aromatic carbocycles. The number of fused-ring (bicyclic) bond motifs is 4. The van der Waals surface area contributed by atoms with Gasteiger partial charge >= 0.3 is 0 Å². The second-order valence-electron chi connectivity index (χ2n) is 8.53. The molecule has 4 aromatic heterocycles. The van der Waals surface area contributed by atoms with Crippen LogP contribution in [0.3, 0.4) is 0 Å². The summed E-state index contributed by atoms with van der Waals surface area (Å²) in [4.78, 5) is 11.6. The summed E-state index contributed by atoms with van der Waals surface area (Å²) in [6, 6.07) is 10.1. The molecule has 0 saturated heterocycles. The summed E-state index contributed by atoms with van der Waals surface area (Å²) in [5.74, 6) is 2.28. The normalized spacial score (nSPS) is 14.1. The van der Waals surface area contributed by atoms with Gasteiger partial charge in [-0.15, -0.1) is 5.10 Å². The van der Waals surface area contributed by atoms with Crippen LogP contribution in [-0.2, 0) is 19.5 Å². The first-order chi connectivity index (χ1) is 16.7. The standard InChI is InChI=1S/C24H26N8O2/c1-2-11-33-18-6-5-17-15-30(8-7-16(17)13-18)9-10-31-22-19(14-26-31)23-27-21(20-4-3-12-34-20)29-32(23)24(25)28-22/h3-6,12-14H,2,7-11,15H2,1H3,(H2,25,28). The number of hydrogen-bond donors (Lipinski definition) is 1. The van der Waals surface area contributed by atoms with E-state index in [9.17, 15) is 0 Å². The van der Waals surface area contributed by atoms with Gasteiger partial charge in [-0.05, 0) is 48.2 Å². The summed E-state index contributed by atoms with van der Waals surface area (Å²) in [6.07, 6.45) is 5.40. The molecule has 174 valence electrons. The lowest BCUT2D eigenvalue weighted by Crippen LogP contribution is -2.33. The van der Waals surface area contributed by atoms with Gasteiger partial charge in [-0.25, -0.2) is 9.67 Å². The van der Waals surface area contributed by atoms with Gasteiger partial charge in [0, 0.05) is 19.6 Å². The van der Waals surface area contributed by atoms with Crippen molar-refractivity contribution in [3.05, 3.63) is 53.9 Å². The molecule has 0 aliphatic carbocycles. The summed E-state index contributed by atoms with van der Waals surface area (Å²) in [5.41, 5.74) is 10.3. The van der Waals surface area contributed by atoms with Crippen molar-refractivity contribution in [2.24, 2.45) is 0 Å². The molecule has 0 bridgehead atoms. The molecule has 5 heterocycles. The van der Waals surface area contributed by atoms with Crippen molar-refractivity contribution >= 4 is 22.6 Å². The average Bonchev–Trinajstić information content (AvgIpc) is 3.61. The van der Waals surface area contributed by atoms with Crippen molar-refractivity contribution in [3.8, 4) is 17.3 Å². The van der Waals surface area contributed by atoms with E-state index in [0.717, 1.165) is 50.2 Å². The molecule has 0 spiro atoms. The number of benzene rings is 1. The number of rotatable bonds is 7. The predicted octanol–water partition coefficient (Wildman–Crippen LogP) is 3.16. The highest BCUT2D eigenvalue weighted by Crippen LogP contribution is 2.25. The quantitative estimate of drug-likeness (QED) is 0.396. The van der Waals surface area contributed by atoms with Crippen LogP contribution in [0.25, 0.3) is 28.3 Å². The monoisotopic (exact) mass is 458 g/mol. The topological polar surface area (TPSA) is 113 Å². The van der Waals surface area contributed by atoms with E-state index in [1.807, 2.05) is 10.7 Å². The van der Waals surface area contributed by atoms with Crippen LogP contribution < -0.4 is 10.5 Å². The molecule has 0 saturated carbocycles. The highest BCUT2D eigenvalue weighted by Gasteiger charge is 2.20. The van der Waals surface area contributed by atoms with Gasteiger partial charge in [-0.2, -0.15) is 14.6 Å². The molecule has 1 aliphatic heterocycles. The molecule has 10 nitrogen and oxygen atoms in total. The molecular formula is C24H26N8O2. The molecule has 0 fully saturated rings. The molecule has 34 heavy (non-hydrogen) atoms. The van der Waals surface area contributed by atoms with Crippen molar-refractivity contribution in [2.45, 2.75) is 32.9 Å². The minimum atomic E-state index is 0.266. The van der Waals surface area contributed by atoms with Crippen molar-refractivity contribution in [1.29, 1.82) is 0 Å². The molecule has 0 unspecified atom stereocenters. The smallest absolute Gasteiger partial charge is 0.225 e. The van der Waals surface area contributed by atoms with Crippen LogP contribution in [-0.4, -0.2) is 54.0 Å². The number of hydrogen-bond acceptors (Lipinski definition) is 8. The maximum absolute atomic E-state index is 6.21. The number of ether oxygens (including phenoxy) is 1. The minimum absolute atomic E-state index is 0.266. The van der Waals surface area contributed by atoms with Crippen LogP contribution in [0.5, 0.6) is 5.75 Å². The highest BCUT2D eigenvalue weighted by atomic mass is 16.5. The Morgan fingerprint density at radius 3 is 2.91 bits per heavy atom. The van der Waals surface area contributed by atoms with Crippen molar-refractivity contribution < 1.29 is 9.15 Å². The predicted molar refractivity (Wildman–Crippen MR) is 127 cm³/mol. The first kappa shape index (κ1) is 20.7. The third kappa shape index (κ3) is 3.65. The number of furan rings is 1. The van der Waals surface area contributed by atoms with Crippen LogP contribution in [0.15, 0.2) is 47.2 Å². The third-order valence-electron chi connectivity index (χ3n) is 6.21. The number of nitrogen functional groups attached to an aromatic ring is 1. The van der Waals surface area contributed by atoms with Crippen molar-refractivity contribution in [3.63, 3.8) is 0 Å². The lowest BCUT2D eigenvalue weighted by Gasteiger charge is -2.29. The van der Waals surface area contributed by atoms with E-state index in [1.54, 1.807) is 18.5 Å². The van der Waals surface area contributed by atoms with Crippen LogP contribution in [0.1, 0.15) is 24.5 Å². The second kappa shape index (κ2) is 8.45. The van der Waals surface area contributed by atoms with E-state index in [2.05, 4.69) is 50.2 Å².